The molecule has 0 aromatic heterocycles. The zero-order valence-corrected chi connectivity index (χ0v) is 8.93. The molecule has 0 aliphatic carbocycles. The first-order valence-electron chi connectivity index (χ1n) is 4.88. The summed E-state index contributed by atoms with van der Waals surface area (Å²) in [5.74, 6) is 3.20. The van der Waals surface area contributed by atoms with Gasteiger partial charge in [-0.05, 0) is 0 Å². The van der Waals surface area contributed by atoms with Crippen molar-refractivity contribution in [3.63, 3.8) is 0 Å². The summed E-state index contributed by atoms with van der Waals surface area (Å²) in [4.78, 5) is 0. The molecule has 1 aromatic rings. The molecule has 0 atom stereocenters. The molecular weight excluding hydrogens is 200 g/mol. The van der Waals surface area contributed by atoms with E-state index in [4.69, 9.17) is 17.9 Å². The highest BCUT2D eigenvalue weighted by atomic mass is 15.3. The van der Waals surface area contributed by atoms with Gasteiger partial charge in [0.1, 0.15) is 5.84 Å². The zero-order chi connectivity index (χ0) is 11.8. The van der Waals surface area contributed by atoms with Gasteiger partial charge in [0, 0.05) is 18.4 Å². The molecule has 0 unspecified atom stereocenters. The largest absolute Gasteiger partial charge is 0.386 e. The van der Waals surface area contributed by atoms with E-state index in [0.29, 0.717) is 24.5 Å². The lowest BCUT2D eigenvalue weighted by atomic mass is 10.2. The van der Waals surface area contributed by atoms with E-state index in [-0.39, 0.29) is 0 Å². The highest BCUT2D eigenvalue weighted by Crippen LogP contribution is 1.98. The topological polar surface area (TPSA) is 76.8 Å². The van der Waals surface area contributed by atoms with Crippen LogP contribution in [0.4, 0.5) is 0 Å². The highest BCUT2D eigenvalue weighted by Gasteiger charge is 1.96. The molecule has 0 heterocycles. The maximum Gasteiger partial charge on any atom is 0.153 e. The molecule has 4 nitrogen and oxygen atoms in total. The van der Waals surface area contributed by atoms with Crippen molar-refractivity contribution >= 4 is 11.7 Å². The monoisotopic (exact) mass is 214 g/mol. The number of nitrogens with two attached hydrogens (primary N) is 2. The molecule has 1 rings (SSSR count). The van der Waals surface area contributed by atoms with E-state index in [0.717, 1.165) is 5.56 Å². The van der Waals surface area contributed by atoms with E-state index >= 15 is 0 Å². The molecule has 0 saturated heterocycles. The predicted molar refractivity (Wildman–Crippen MR) is 66.9 cm³/mol. The molecule has 0 radical (unpaired) electrons. The van der Waals surface area contributed by atoms with Crippen LogP contribution in [0.5, 0.6) is 0 Å². The van der Waals surface area contributed by atoms with Gasteiger partial charge < -0.3 is 11.5 Å². The van der Waals surface area contributed by atoms with Crippen molar-refractivity contribution in [1.29, 1.82) is 0 Å². The molecule has 0 bridgehead atoms. The normalized spacial score (nSPS) is 12.2. The van der Waals surface area contributed by atoms with Crippen LogP contribution in [0, 0.1) is 12.3 Å². The van der Waals surface area contributed by atoms with Crippen LogP contribution in [-0.4, -0.2) is 11.7 Å². The van der Waals surface area contributed by atoms with Crippen molar-refractivity contribution in [2.24, 2.45) is 21.7 Å². The van der Waals surface area contributed by atoms with Gasteiger partial charge >= 0.3 is 0 Å². The first kappa shape index (κ1) is 11.8. The standard InChI is InChI=1S/C12H14N4/c1-2-3-9-11(13)15-16-12(14)10-7-5-4-6-8-10/h1,4-8H,3,9H2,(H2,13,15)(H2,14,16). The maximum absolute atomic E-state index is 5.72. The van der Waals surface area contributed by atoms with Gasteiger partial charge in [-0.2, -0.15) is 0 Å². The second-order valence-corrected chi connectivity index (χ2v) is 3.15. The van der Waals surface area contributed by atoms with Crippen molar-refractivity contribution in [3.05, 3.63) is 35.9 Å². The number of nitrogens with zero attached hydrogens (tertiary/aromatic N) is 2. The third-order valence-electron chi connectivity index (χ3n) is 1.88. The summed E-state index contributed by atoms with van der Waals surface area (Å²) in [6.45, 7) is 0. The van der Waals surface area contributed by atoms with Crippen LogP contribution < -0.4 is 11.5 Å². The third kappa shape index (κ3) is 3.84. The first-order chi connectivity index (χ1) is 7.74. The minimum Gasteiger partial charge on any atom is -0.386 e. The SMILES string of the molecule is C#CCC/C(N)=N/N=C(\N)c1ccccc1. The smallest absolute Gasteiger partial charge is 0.153 e. The third-order valence-corrected chi connectivity index (χ3v) is 1.88. The molecule has 0 aliphatic heterocycles. The van der Waals surface area contributed by atoms with Gasteiger partial charge in [0.15, 0.2) is 5.84 Å². The Bertz CT molecular complexity index is 426. The number of terminal acetylenes is 1. The first-order valence-corrected chi connectivity index (χ1v) is 4.88. The van der Waals surface area contributed by atoms with Crippen LogP contribution in [0.3, 0.4) is 0 Å². The minimum absolute atomic E-state index is 0.337. The lowest BCUT2D eigenvalue weighted by Gasteiger charge is -1.97. The van der Waals surface area contributed by atoms with E-state index in [1.54, 1.807) is 0 Å². The van der Waals surface area contributed by atoms with Gasteiger partial charge in [-0.25, -0.2) is 0 Å². The molecule has 0 amide bonds. The van der Waals surface area contributed by atoms with Crippen molar-refractivity contribution in [2.45, 2.75) is 12.8 Å². The summed E-state index contributed by atoms with van der Waals surface area (Å²) < 4.78 is 0. The molecule has 0 spiro atoms. The Morgan fingerprint density at radius 3 is 2.50 bits per heavy atom. The summed E-state index contributed by atoms with van der Waals surface area (Å²) in [7, 11) is 0. The van der Waals surface area contributed by atoms with Gasteiger partial charge in [-0.1, -0.05) is 30.3 Å². The summed E-state index contributed by atoms with van der Waals surface area (Å²) in [6, 6.07) is 9.37. The van der Waals surface area contributed by atoms with E-state index in [2.05, 4.69) is 16.1 Å². The van der Waals surface area contributed by atoms with Crippen LogP contribution in [0.15, 0.2) is 40.5 Å². The van der Waals surface area contributed by atoms with Gasteiger partial charge in [-0.15, -0.1) is 22.5 Å². The van der Waals surface area contributed by atoms with E-state index in [9.17, 15) is 0 Å². The fourth-order valence-corrected chi connectivity index (χ4v) is 1.03. The number of hydrogen-bond donors (Lipinski definition) is 2. The molecule has 0 saturated carbocycles. The summed E-state index contributed by atoms with van der Waals surface area (Å²) in [5.41, 5.74) is 12.1. The lowest BCUT2D eigenvalue weighted by molar-refractivity contribution is 1.07. The quantitative estimate of drug-likeness (QED) is 0.340. The number of amidine groups is 2. The minimum atomic E-state index is 0.337. The van der Waals surface area contributed by atoms with Crippen LogP contribution >= 0.6 is 0 Å². The fraction of sp³-hybridized carbons (Fsp3) is 0.167. The average Bonchev–Trinajstić information content (AvgIpc) is 2.34. The summed E-state index contributed by atoms with van der Waals surface area (Å²) in [5, 5.41) is 7.64. The fourth-order valence-electron chi connectivity index (χ4n) is 1.03. The molecule has 0 fully saturated rings. The summed E-state index contributed by atoms with van der Waals surface area (Å²) >= 11 is 0. The van der Waals surface area contributed by atoms with E-state index in [1.165, 1.54) is 0 Å². The number of rotatable bonds is 4. The number of hydrogen-bond acceptors (Lipinski definition) is 2. The summed E-state index contributed by atoms with van der Waals surface area (Å²) in [6.07, 6.45) is 6.18. The Morgan fingerprint density at radius 1 is 1.19 bits per heavy atom. The predicted octanol–water partition coefficient (Wildman–Crippen LogP) is 1.08. The molecule has 16 heavy (non-hydrogen) atoms. The van der Waals surface area contributed by atoms with Crippen LogP contribution in [0.1, 0.15) is 18.4 Å². The van der Waals surface area contributed by atoms with Gasteiger partial charge in [-0.3, -0.25) is 0 Å². The van der Waals surface area contributed by atoms with Crippen LogP contribution in [0.2, 0.25) is 0 Å². The van der Waals surface area contributed by atoms with Crippen LogP contribution in [-0.2, 0) is 0 Å². The molecule has 4 heteroatoms. The van der Waals surface area contributed by atoms with E-state index in [1.807, 2.05) is 30.3 Å². The molecule has 4 N–H and O–H groups in total. The van der Waals surface area contributed by atoms with Crippen LogP contribution in [0.25, 0.3) is 0 Å². The average molecular weight is 214 g/mol. The Kier molecular flexibility index (Phi) is 4.61. The Balaban J connectivity index is 2.68. The number of benzene rings is 1. The van der Waals surface area contributed by atoms with Gasteiger partial charge in [0.2, 0.25) is 0 Å². The lowest BCUT2D eigenvalue weighted by Crippen LogP contribution is -2.15. The zero-order valence-electron chi connectivity index (χ0n) is 8.93. The second kappa shape index (κ2) is 6.25. The van der Waals surface area contributed by atoms with Crippen molar-refractivity contribution in [3.8, 4) is 12.3 Å². The Hall–Kier alpha value is -2.28. The van der Waals surface area contributed by atoms with Crippen molar-refractivity contribution in [1.82, 2.24) is 0 Å². The Morgan fingerprint density at radius 2 is 1.88 bits per heavy atom. The maximum atomic E-state index is 5.72. The van der Waals surface area contributed by atoms with Crippen molar-refractivity contribution in [2.75, 3.05) is 0 Å². The van der Waals surface area contributed by atoms with Gasteiger partial charge in [0.05, 0.1) is 0 Å². The molecule has 1 aromatic carbocycles. The molecular formula is C12H14N4. The molecule has 82 valence electrons. The second-order valence-electron chi connectivity index (χ2n) is 3.15. The Labute approximate surface area is 95.1 Å². The van der Waals surface area contributed by atoms with Crippen molar-refractivity contribution < 1.29 is 0 Å². The van der Waals surface area contributed by atoms with E-state index < -0.39 is 0 Å². The van der Waals surface area contributed by atoms with Gasteiger partial charge in [0.25, 0.3) is 0 Å². The molecule has 0 aliphatic rings. The highest BCUT2D eigenvalue weighted by molar-refractivity contribution is 5.97.